The Morgan fingerprint density at radius 2 is 1.76 bits per heavy atom. The van der Waals surface area contributed by atoms with Gasteiger partial charge >= 0.3 is 0 Å². The number of hydrazine groups is 1. The molecule has 0 aliphatic carbocycles. The number of ether oxygens (including phenoxy) is 2. The summed E-state index contributed by atoms with van der Waals surface area (Å²) in [5, 5.41) is 0. The first-order valence-corrected chi connectivity index (χ1v) is 6.14. The Labute approximate surface area is 101 Å². The maximum atomic E-state index is 5.73. The third-order valence-corrected chi connectivity index (χ3v) is 3.53. The highest BCUT2D eigenvalue weighted by Gasteiger charge is 2.31. The summed E-state index contributed by atoms with van der Waals surface area (Å²) in [6.07, 6.45) is 0.949. The number of nitrogens with one attached hydrogen (secondary N) is 2. The van der Waals surface area contributed by atoms with Gasteiger partial charge in [0.05, 0.1) is 13.2 Å². The molecule has 2 aliphatic rings. The molecule has 4 nitrogen and oxygen atoms in total. The topological polar surface area (TPSA) is 42.5 Å². The van der Waals surface area contributed by atoms with Crippen LogP contribution in [0.1, 0.15) is 18.9 Å². The molecule has 0 amide bonds. The van der Waals surface area contributed by atoms with Crippen molar-refractivity contribution in [3.05, 3.63) is 23.8 Å². The first-order valence-electron chi connectivity index (χ1n) is 6.14. The van der Waals surface area contributed by atoms with Crippen LogP contribution in [0.25, 0.3) is 0 Å². The normalized spacial score (nSPS) is 22.2. The van der Waals surface area contributed by atoms with E-state index in [9.17, 15) is 0 Å². The molecule has 0 saturated carbocycles. The van der Waals surface area contributed by atoms with Crippen molar-refractivity contribution in [1.29, 1.82) is 0 Å². The summed E-state index contributed by atoms with van der Waals surface area (Å²) in [7, 11) is 0. The highest BCUT2D eigenvalue weighted by Crippen LogP contribution is 2.35. The second-order valence-electron chi connectivity index (χ2n) is 4.98. The van der Waals surface area contributed by atoms with Gasteiger partial charge in [-0.3, -0.25) is 10.9 Å². The van der Waals surface area contributed by atoms with E-state index in [1.54, 1.807) is 0 Å². The molecule has 2 aliphatic heterocycles. The zero-order chi connectivity index (χ0) is 11.7. The van der Waals surface area contributed by atoms with Gasteiger partial charge in [-0.1, -0.05) is 13.0 Å². The van der Waals surface area contributed by atoms with E-state index in [1.165, 1.54) is 5.56 Å². The third kappa shape index (κ3) is 1.98. The van der Waals surface area contributed by atoms with Gasteiger partial charge in [0.2, 0.25) is 0 Å². The Bertz CT molecular complexity index is 414. The van der Waals surface area contributed by atoms with E-state index in [0.29, 0.717) is 0 Å². The quantitative estimate of drug-likeness (QED) is 0.766. The summed E-state index contributed by atoms with van der Waals surface area (Å²) >= 11 is 0. The molecule has 4 heteroatoms. The molecule has 0 radical (unpaired) electrons. The van der Waals surface area contributed by atoms with Crippen LogP contribution in [-0.4, -0.2) is 26.3 Å². The molecule has 0 aromatic heterocycles. The first-order chi connectivity index (χ1) is 8.28. The van der Waals surface area contributed by atoms with E-state index in [1.807, 2.05) is 6.07 Å². The predicted octanol–water partition coefficient (Wildman–Crippen LogP) is 1.21. The summed E-state index contributed by atoms with van der Waals surface area (Å²) in [5.41, 5.74) is 7.78. The standard InChI is InChI=1S/C13H18N2O2/c1-13(8-14-15-9-13)10-3-4-11-12(7-10)17-6-2-5-16-11/h3-4,7,14-15H,2,5-6,8-9H2,1H3. The number of hydrogen-bond donors (Lipinski definition) is 2. The fourth-order valence-corrected chi connectivity index (χ4v) is 2.32. The molecule has 2 N–H and O–H groups in total. The van der Waals surface area contributed by atoms with Crippen molar-refractivity contribution in [1.82, 2.24) is 10.9 Å². The van der Waals surface area contributed by atoms with E-state index < -0.39 is 0 Å². The van der Waals surface area contributed by atoms with Gasteiger partial charge in [-0.15, -0.1) is 0 Å². The van der Waals surface area contributed by atoms with E-state index >= 15 is 0 Å². The maximum absolute atomic E-state index is 5.73. The van der Waals surface area contributed by atoms with Crippen molar-refractivity contribution < 1.29 is 9.47 Å². The first kappa shape index (κ1) is 10.9. The largest absolute Gasteiger partial charge is 0.490 e. The zero-order valence-corrected chi connectivity index (χ0v) is 10.1. The molecular weight excluding hydrogens is 216 g/mol. The van der Waals surface area contributed by atoms with E-state index in [2.05, 4.69) is 29.9 Å². The SMILES string of the molecule is CC1(c2ccc3c(c2)OCCCO3)CNNC1. The van der Waals surface area contributed by atoms with Crippen LogP contribution in [0, 0.1) is 0 Å². The molecule has 3 rings (SSSR count). The van der Waals surface area contributed by atoms with Gasteiger partial charge in [0, 0.05) is 24.9 Å². The molecular formula is C13H18N2O2. The second kappa shape index (κ2) is 4.20. The molecule has 92 valence electrons. The molecule has 2 heterocycles. The van der Waals surface area contributed by atoms with Crippen LogP contribution in [-0.2, 0) is 5.41 Å². The number of fused-ring (bicyclic) bond motifs is 1. The van der Waals surface area contributed by atoms with Gasteiger partial charge in [-0.25, -0.2) is 0 Å². The highest BCUT2D eigenvalue weighted by molar-refractivity contribution is 5.46. The minimum absolute atomic E-state index is 0.130. The van der Waals surface area contributed by atoms with Crippen molar-refractivity contribution in [3.63, 3.8) is 0 Å². The Morgan fingerprint density at radius 1 is 1.06 bits per heavy atom. The third-order valence-electron chi connectivity index (χ3n) is 3.53. The van der Waals surface area contributed by atoms with Gasteiger partial charge in [-0.05, 0) is 17.7 Å². The molecule has 0 spiro atoms. The number of hydrogen-bond acceptors (Lipinski definition) is 4. The van der Waals surface area contributed by atoms with Crippen LogP contribution < -0.4 is 20.3 Å². The lowest BCUT2D eigenvalue weighted by Crippen LogP contribution is -2.27. The lowest BCUT2D eigenvalue weighted by Gasteiger charge is -2.23. The Morgan fingerprint density at radius 3 is 2.53 bits per heavy atom. The molecule has 0 unspecified atom stereocenters. The molecule has 0 bridgehead atoms. The average Bonchev–Trinajstić information content (AvgIpc) is 2.65. The maximum Gasteiger partial charge on any atom is 0.161 e. The lowest BCUT2D eigenvalue weighted by atomic mass is 9.83. The van der Waals surface area contributed by atoms with Crippen LogP contribution in [0.5, 0.6) is 11.5 Å². The average molecular weight is 234 g/mol. The summed E-state index contributed by atoms with van der Waals surface area (Å²) in [6, 6.07) is 6.29. The molecule has 17 heavy (non-hydrogen) atoms. The molecule has 1 aromatic carbocycles. The minimum Gasteiger partial charge on any atom is -0.490 e. The van der Waals surface area contributed by atoms with Gasteiger partial charge < -0.3 is 9.47 Å². The van der Waals surface area contributed by atoms with Crippen molar-refractivity contribution in [2.45, 2.75) is 18.8 Å². The summed E-state index contributed by atoms with van der Waals surface area (Å²) < 4.78 is 11.4. The van der Waals surface area contributed by atoms with Crippen molar-refractivity contribution in [2.75, 3.05) is 26.3 Å². The molecule has 1 fully saturated rings. The monoisotopic (exact) mass is 234 g/mol. The molecule has 0 atom stereocenters. The van der Waals surface area contributed by atoms with Crippen LogP contribution in [0.15, 0.2) is 18.2 Å². The minimum atomic E-state index is 0.130. The van der Waals surface area contributed by atoms with Gasteiger partial charge in [0.25, 0.3) is 0 Å². The molecule has 1 saturated heterocycles. The Hall–Kier alpha value is -1.26. The van der Waals surface area contributed by atoms with Crippen molar-refractivity contribution in [3.8, 4) is 11.5 Å². The Balaban J connectivity index is 1.94. The predicted molar refractivity (Wildman–Crippen MR) is 65.4 cm³/mol. The smallest absolute Gasteiger partial charge is 0.161 e. The number of rotatable bonds is 1. The lowest BCUT2D eigenvalue weighted by molar-refractivity contribution is 0.297. The van der Waals surface area contributed by atoms with Crippen LogP contribution >= 0.6 is 0 Å². The van der Waals surface area contributed by atoms with Crippen molar-refractivity contribution in [2.24, 2.45) is 0 Å². The van der Waals surface area contributed by atoms with E-state index in [4.69, 9.17) is 9.47 Å². The highest BCUT2D eigenvalue weighted by atomic mass is 16.5. The Kier molecular flexibility index (Phi) is 2.68. The number of benzene rings is 1. The van der Waals surface area contributed by atoms with Crippen molar-refractivity contribution >= 4 is 0 Å². The summed E-state index contributed by atoms with van der Waals surface area (Å²) in [5.74, 6) is 1.75. The van der Waals surface area contributed by atoms with Gasteiger partial charge in [0.1, 0.15) is 0 Å². The second-order valence-corrected chi connectivity index (χ2v) is 4.98. The van der Waals surface area contributed by atoms with E-state index in [0.717, 1.165) is 44.2 Å². The van der Waals surface area contributed by atoms with Crippen LogP contribution in [0.3, 0.4) is 0 Å². The van der Waals surface area contributed by atoms with Crippen LogP contribution in [0.4, 0.5) is 0 Å². The van der Waals surface area contributed by atoms with Gasteiger partial charge in [0.15, 0.2) is 11.5 Å². The molecule has 1 aromatic rings. The summed E-state index contributed by atoms with van der Waals surface area (Å²) in [6.45, 7) is 5.61. The fourth-order valence-electron chi connectivity index (χ4n) is 2.32. The fraction of sp³-hybridized carbons (Fsp3) is 0.538. The van der Waals surface area contributed by atoms with E-state index in [-0.39, 0.29) is 5.41 Å². The zero-order valence-electron chi connectivity index (χ0n) is 10.1. The van der Waals surface area contributed by atoms with Gasteiger partial charge in [-0.2, -0.15) is 0 Å². The summed E-state index contributed by atoms with van der Waals surface area (Å²) in [4.78, 5) is 0. The van der Waals surface area contributed by atoms with Crippen LogP contribution in [0.2, 0.25) is 0 Å².